The van der Waals surface area contributed by atoms with Crippen LogP contribution < -0.4 is 0 Å². The summed E-state index contributed by atoms with van der Waals surface area (Å²) < 4.78 is 19.2. The van der Waals surface area contributed by atoms with Gasteiger partial charge in [0.1, 0.15) is 23.4 Å². The summed E-state index contributed by atoms with van der Waals surface area (Å²) in [6.07, 6.45) is -0.890. The number of halogens is 1. The Kier molecular flexibility index (Phi) is 2.84. The second-order valence-electron chi connectivity index (χ2n) is 4.53. The maximum Gasteiger partial charge on any atom is 0.137 e. The van der Waals surface area contributed by atoms with Crippen LogP contribution in [0.1, 0.15) is 23.2 Å². The van der Waals surface area contributed by atoms with Gasteiger partial charge in [0.2, 0.25) is 0 Å². The highest BCUT2D eigenvalue weighted by Gasteiger charge is 2.17. The van der Waals surface area contributed by atoms with Crippen molar-refractivity contribution in [2.75, 3.05) is 0 Å². The molecule has 0 amide bonds. The minimum atomic E-state index is -0.890. The van der Waals surface area contributed by atoms with E-state index in [1.165, 1.54) is 6.07 Å². The molecular formula is C16H13FO2. The van der Waals surface area contributed by atoms with Crippen LogP contribution in [0.25, 0.3) is 10.8 Å². The van der Waals surface area contributed by atoms with Gasteiger partial charge in [-0.2, -0.15) is 0 Å². The highest BCUT2D eigenvalue weighted by Crippen LogP contribution is 2.30. The molecule has 1 N–H and O–H groups in total. The number of aliphatic hydroxyl groups is 1. The number of aryl methyl sites for hydroxylation is 1. The molecule has 2 aromatic carbocycles. The molecule has 0 saturated carbocycles. The lowest BCUT2D eigenvalue weighted by Crippen LogP contribution is -1.99. The molecule has 1 heterocycles. The molecular weight excluding hydrogens is 243 g/mol. The van der Waals surface area contributed by atoms with Crippen LogP contribution >= 0.6 is 0 Å². The average Bonchev–Trinajstić information content (AvgIpc) is 2.86. The van der Waals surface area contributed by atoms with E-state index < -0.39 is 6.10 Å². The molecule has 0 aliphatic rings. The summed E-state index contributed by atoms with van der Waals surface area (Å²) in [5.74, 6) is 0.914. The minimum absolute atomic E-state index is 0.290. The smallest absolute Gasteiger partial charge is 0.137 e. The van der Waals surface area contributed by atoms with Gasteiger partial charge in [-0.3, -0.25) is 0 Å². The normalized spacial score (nSPS) is 12.8. The third-order valence-electron chi connectivity index (χ3n) is 3.23. The summed E-state index contributed by atoms with van der Waals surface area (Å²) in [5.41, 5.74) is 0.645. The number of hydrogen-bond acceptors (Lipinski definition) is 2. The molecule has 3 heteroatoms. The SMILES string of the molecule is Cc1ccc(C(O)c2ccc(F)c3ccccc23)o1. The molecule has 0 aliphatic heterocycles. The molecule has 96 valence electrons. The fraction of sp³-hybridized carbons (Fsp3) is 0.125. The highest BCUT2D eigenvalue weighted by atomic mass is 19.1. The zero-order valence-corrected chi connectivity index (χ0v) is 10.4. The monoisotopic (exact) mass is 256 g/mol. The van der Waals surface area contributed by atoms with Crippen LogP contribution in [0.15, 0.2) is 52.9 Å². The fourth-order valence-electron chi connectivity index (χ4n) is 2.28. The highest BCUT2D eigenvalue weighted by molar-refractivity contribution is 5.86. The molecule has 0 fully saturated rings. The van der Waals surface area contributed by atoms with Gasteiger partial charge in [0.05, 0.1) is 0 Å². The van der Waals surface area contributed by atoms with Crippen molar-refractivity contribution in [3.63, 3.8) is 0 Å². The summed E-state index contributed by atoms with van der Waals surface area (Å²) in [5, 5.41) is 11.6. The van der Waals surface area contributed by atoms with Gasteiger partial charge in [0.15, 0.2) is 0 Å². The van der Waals surface area contributed by atoms with Crippen molar-refractivity contribution in [2.24, 2.45) is 0 Å². The molecule has 1 atom stereocenters. The van der Waals surface area contributed by atoms with E-state index in [1.54, 1.807) is 36.4 Å². The van der Waals surface area contributed by atoms with Gasteiger partial charge in [-0.15, -0.1) is 0 Å². The number of rotatable bonds is 2. The van der Waals surface area contributed by atoms with Crippen LogP contribution in [0.3, 0.4) is 0 Å². The minimum Gasteiger partial charge on any atom is -0.463 e. The van der Waals surface area contributed by atoms with E-state index in [1.807, 2.05) is 13.0 Å². The van der Waals surface area contributed by atoms with Crippen LogP contribution in [-0.2, 0) is 0 Å². The third-order valence-corrected chi connectivity index (χ3v) is 3.23. The van der Waals surface area contributed by atoms with Crippen molar-refractivity contribution in [2.45, 2.75) is 13.0 Å². The summed E-state index contributed by atoms with van der Waals surface area (Å²) in [6, 6.07) is 13.6. The van der Waals surface area contributed by atoms with Gasteiger partial charge in [0, 0.05) is 5.39 Å². The Morgan fingerprint density at radius 2 is 1.74 bits per heavy atom. The summed E-state index contributed by atoms with van der Waals surface area (Å²) >= 11 is 0. The Labute approximate surface area is 110 Å². The largest absolute Gasteiger partial charge is 0.463 e. The van der Waals surface area contributed by atoms with Gasteiger partial charge in [0.25, 0.3) is 0 Å². The predicted molar refractivity (Wildman–Crippen MR) is 71.4 cm³/mol. The summed E-state index contributed by atoms with van der Waals surface area (Å²) in [7, 11) is 0. The zero-order valence-electron chi connectivity index (χ0n) is 10.4. The fourth-order valence-corrected chi connectivity index (χ4v) is 2.28. The van der Waals surface area contributed by atoms with Gasteiger partial charge in [-0.05, 0) is 36.1 Å². The predicted octanol–water partition coefficient (Wildman–Crippen LogP) is 3.96. The van der Waals surface area contributed by atoms with E-state index in [4.69, 9.17) is 4.42 Å². The lowest BCUT2D eigenvalue weighted by molar-refractivity contribution is 0.189. The van der Waals surface area contributed by atoms with E-state index in [2.05, 4.69) is 0 Å². The number of aliphatic hydroxyl groups excluding tert-OH is 1. The zero-order chi connectivity index (χ0) is 13.4. The summed E-state index contributed by atoms with van der Waals surface area (Å²) in [6.45, 7) is 1.82. The van der Waals surface area contributed by atoms with Crippen LogP contribution in [0.4, 0.5) is 4.39 Å². The first-order chi connectivity index (χ1) is 9.16. The van der Waals surface area contributed by atoms with E-state index in [-0.39, 0.29) is 5.82 Å². The Morgan fingerprint density at radius 3 is 2.42 bits per heavy atom. The Morgan fingerprint density at radius 1 is 1.00 bits per heavy atom. The standard InChI is InChI=1S/C16H13FO2/c1-10-6-9-15(19-10)16(18)13-7-8-14(17)12-5-3-2-4-11(12)13/h2-9,16,18H,1H3. The van der Waals surface area contributed by atoms with Crippen LogP contribution in [-0.4, -0.2) is 5.11 Å². The van der Waals surface area contributed by atoms with Crippen molar-refractivity contribution >= 4 is 10.8 Å². The quantitative estimate of drug-likeness (QED) is 0.752. The molecule has 0 aliphatic carbocycles. The molecule has 3 rings (SSSR count). The Bertz CT molecular complexity index is 730. The van der Waals surface area contributed by atoms with Crippen molar-refractivity contribution in [1.29, 1.82) is 0 Å². The van der Waals surface area contributed by atoms with Gasteiger partial charge < -0.3 is 9.52 Å². The molecule has 3 aromatic rings. The first-order valence-electron chi connectivity index (χ1n) is 6.08. The van der Waals surface area contributed by atoms with Gasteiger partial charge in [-0.25, -0.2) is 4.39 Å². The van der Waals surface area contributed by atoms with E-state index in [0.29, 0.717) is 22.1 Å². The summed E-state index contributed by atoms with van der Waals surface area (Å²) in [4.78, 5) is 0. The van der Waals surface area contributed by atoms with Crippen molar-refractivity contribution in [3.8, 4) is 0 Å². The molecule has 0 radical (unpaired) electrons. The second kappa shape index (κ2) is 4.52. The van der Waals surface area contributed by atoms with Gasteiger partial charge in [-0.1, -0.05) is 30.3 Å². The lowest BCUT2D eigenvalue weighted by atomic mass is 9.99. The molecule has 0 bridgehead atoms. The molecule has 0 spiro atoms. The Balaban J connectivity index is 2.18. The molecule has 1 unspecified atom stereocenters. The number of benzene rings is 2. The molecule has 0 saturated heterocycles. The maximum absolute atomic E-state index is 13.7. The average molecular weight is 256 g/mol. The molecule has 19 heavy (non-hydrogen) atoms. The van der Waals surface area contributed by atoms with E-state index in [9.17, 15) is 9.50 Å². The van der Waals surface area contributed by atoms with E-state index >= 15 is 0 Å². The first-order valence-corrected chi connectivity index (χ1v) is 6.08. The molecule has 2 nitrogen and oxygen atoms in total. The van der Waals surface area contributed by atoms with Crippen LogP contribution in [0, 0.1) is 12.7 Å². The third kappa shape index (κ3) is 2.02. The van der Waals surface area contributed by atoms with E-state index in [0.717, 1.165) is 5.76 Å². The number of hydrogen-bond donors (Lipinski definition) is 1. The lowest BCUT2D eigenvalue weighted by Gasteiger charge is -2.12. The van der Waals surface area contributed by atoms with Gasteiger partial charge >= 0.3 is 0 Å². The second-order valence-corrected chi connectivity index (χ2v) is 4.53. The topological polar surface area (TPSA) is 33.4 Å². The van der Waals surface area contributed by atoms with Crippen molar-refractivity contribution in [1.82, 2.24) is 0 Å². The first kappa shape index (κ1) is 11.9. The van der Waals surface area contributed by atoms with Crippen molar-refractivity contribution in [3.05, 3.63) is 71.4 Å². The Hall–Kier alpha value is -2.13. The molecule has 1 aromatic heterocycles. The number of fused-ring (bicyclic) bond motifs is 1. The van der Waals surface area contributed by atoms with Crippen LogP contribution in [0.2, 0.25) is 0 Å². The maximum atomic E-state index is 13.7. The van der Waals surface area contributed by atoms with Crippen molar-refractivity contribution < 1.29 is 13.9 Å². The number of furan rings is 1. The van der Waals surface area contributed by atoms with Crippen LogP contribution in [0.5, 0.6) is 0 Å².